The van der Waals surface area contributed by atoms with E-state index in [1.807, 2.05) is 0 Å². The zero-order valence-corrected chi connectivity index (χ0v) is 8.46. The molecule has 1 heterocycles. The Morgan fingerprint density at radius 2 is 2.21 bits per heavy atom. The van der Waals surface area contributed by atoms with Gasteiger partial charge >= 0.3 is 5.97 Å². The normalized spacial score (nSPS) is 9.36. The van der Waals surface area contributed by atoms with Gasteiger partial charge in [-0.15, -0.1) is 5.92 Å². The van der Waals surface area contributed by atoms with Gasteiger partial charge in [0.2, 0.25) is 0 Å². The summed E-state index contributed by atoms with van der Waals surface area (Å²) in [6, 6.07) is 0. The fourth-order valence-corrected chi connectivity index (χ4v) is 1.31. The minimum atomic E-state index is -0.935. The van der Waals surface area contributed by atoms with Crippen molar-refractivity contribution in [3.8, 4) is 11.8 Å². The van der Waals surface area contributed by atoms with E-state index in [9.17, 15) is 4.79 Å². The third-order valence-corrected chi connectivity index (χ3v) is 2.00. The lowest BCUT2D eigenvalue weighted by Crippen LogP contribution is -2.03. The molecule has 4 heteroatoms. The average molecular weight is 192 g/mol. The predicted octanol–water partition coefficient (Wildman–Crippen LogP) is 1.22. The molecule has 0 spiro atoms. The lowest BCUT2D eigenvalue weighted by molar-refractivity contribution is 0.0695. The molecule has 4 nitrogen and oxygen atoms in total. The summed E-state index contributed by atoms with van der Waals surface area (Å²) in [7, 11) is 0. The third-order valence-electron chi connectivity index (χ3n) is 2.00. The Kier molecular flexibility index (Phi) is 2.92. The molecule has 1 N–H and O–H groups in total. The third kappa shape index (κ3) is 1.77. The molecule has 0 amide bonds. The molecule has 14 heavy (non-hydrogen) atoms. The molecule has 0 aliphatic carbocycles. The van der Waals surface area contributed by atoms with Gasteiger partial charge in [0.1, 0.15) is 12.1 Å². The molecule has 0 unspecified atom stereocenters. The summed E-state index contributed by atoms with van der Waals surface area (Å²) in [4.78, 5) is 10.8. The van der Waals surface area contributed by atoms with Crippen molar-refractivity contribution in [2.24, 2.45) is 0 Å². The summed E-state index contributed by atoms with van der Waals surface area (Å²) in [5, 5.41) is 13.0. The highest BCUT2D eigenvalue weighted by atomic mass is 16.4. The van der Waals surface area contributed by atoms with Crippen LogP contribution in [0.25, 0.3) is 0 Å². The van der Waals surface area contributed by atoms with E-state index in [4.69, 9.17) is 5.11 Å². The van der Waals surface area contributed by atoms with Crippen LogP contribution >= 0.6 is 0 Å². The molecule has 0 bridgehead atoms. The summed E-state index contributed by atoms with van der Waals surface area (Å²) in [5.74, 6) is 4.65. The summed E-state index contributed by atoms with van der Waals surface area (Å²) >= 11 is 0. The van der Waals surface area contributed by atoms with E-state index < -0.39 is 5.97 Å². The smallest absolute Gasteiger partial charge is 0.339 e. The molecule has 0 aliphatic rings. The molecular weight excluding hydrogens is 180 g/mol. The molecule has 0 saturated carbocycles. The second kappa shape index (κ2) is 3.97. The summed E-state index contributed by atoms with van der Waals surface area (Å²) in [6.07, 6.45) is 0. The van der Waals surface area contributed by atoms with Gasteiger partial charge in [0.15, 0.2) is 0 Å². The predicted molar refractivity (Wildman–Crippen MR) is 52.1 cm³/mol. The monoisotopic (exact) mass is 192 g/mol. The Morgan fingerprint density at radius 1 is 1.57 bits per heavy atom. The number of nitrogens with zero attached hydrogens (tertiary/aromatic N) is 2. The van der Waals surface area contributed by atoms with E-state index in [2.05, 4.69) is 16.9 Å². The maximum atomic E-state index is 10.8. The second-order valence-electron chi connectivity index (χ2n) is 2.94. The number of carbonyl (C=O) groups is 1. The Hall–Kier alpha value is -1.76. The van der Waals surface area contributed by atoms with E-state index in [0.717, 1.165) is 0 Å². The topological polar surface area (TPSA) is 55.1 Å². The Balaban J connectivity index is 3.14. The second-order valence-corrected chi connectivity index (χ2v) is 2.94. The van der Waals surface area contributed by atoms with Crippen LogP contribution in [-0.2, 0) is 6.54 Å². The van der Waals surface area contributed by atoms with Crippen LogP contribution < -0.4 is 0 Å². The van der Waals surface area contributed by atoms with Gasteiger partial charge < -0.3 is 5.11 Å². The van der Waals surface area contributed by atoms with Crippen LogP contribution in [0.4, 0.5) is 0 Å². The van der Waals surface area contributed by atoms with Gasteiger partial charge in [-0.2, -0.15) is 5.10 Å². The average Bonchev–Trinajstić information content (AvgIpc) is 2.38. The number of hydrogen-bond donors (Lipinski definition) is 1. The van der Waals surface area contributed by atoms with Crippen molar-refractivity contribution in [1.29, 1.82) is 0 Å². The number of aromatic carboxylic acids is 1. The lowest BCUT2D eigenvalue weighted by Gasteiger charge is -1.97. The van der Waals surface area contributed by atoms with E-state index in [0.29, 0.717) is 17.9 Å². The van der Waals surface area contributed by atoms with E-state index >= 15 is 0 Å². The Bertz CT molecular complexity index is 421. The fraction of sp³-hybridized carbons (Fsp3) is 0.400. The zero-order valence-electron chi connectivity index (χ0n) is 8.46. The summed E-state index contributed by atoms with van der Waals surface area (Å²) in [5.41, 5.74) is 1.47. The number of aryl methyl sites for hydroxylation is 1. The molecular formula is C10H12N2O2. The fourth-order valence-electron chi connectivity index (χ4n) is 1.31. The first kappa shape index (κ1) is 10.3. The van der Waals surface area contributed by atoms with Gasteiger partial charge in [0.05, 0.1) is 11.4 Å². The van der Waals surface area contributed by atoms with Crippen LogP contribution in [0.5, 0.6) is 0 Å². The number of aromatic nitrogens is 2. The standard InChI is InChI=1S/C10H12N2O2/c1-4-5-6-12-8(3)9(10(13)14)7(2)11-12/h6H2,1-3H3,(H,13,14). The molecule has 1 aromatic heterocycles. The van der Waals surface area contributed by atoms with Gasteiger partial charge in [-0.1, -0.05) is 5.92 Å². The van der Waals surface area contributed by atoms with Crippen LogP contribution in [0.1, 0.15) is 28.7 Å². The Morgan fingerprint density at radius 3 is 2.64 bits per heavy atom. The highest BCUT2D eigenvalue weighted by Crippen LogP contribution is 2.12. The number of rotatable bonds is 2. The van der Waals surface area contributed by atoms with Crippen molar-refractivity contribution in [1.82, 2.24) is 9.78 Å². The van der Waals surface area contributed by atoms with E-state index in [1.54, 1.807) is 25.5 Å². The van der Waals surface area contributed by atoms with Gasteiger partial charge in [-0.3, -0.25) is 4.68 Å². The SMILES string of the molecule is CC#CCn1nc(C)c(C(=O)O)c1C. The molecule has 0 aromatic carbocycles. The highest BCUT2D eigenvalue weighted by molar-refractivity contribution is 5.90. The summed E-state index contributed by atoms with van der Waals surface area (Å²) in [6.45, 7) is 5.60. The maximum absolute atomic E-state index is 10.8. The molecule has 0 atom stereocenters. The van der Waals surface area contributed by atoms with E-state index in [1.165, 1.54) is 0 Å². The zero-order chi connectivity index (χ0) is 10.7. The van der Waals surface area contributed by atoms with Crippen molar-refractivity contribution in [3.05, 3.63) is 17.0 Å². The van der Waals surface area contributed by atoms with Crippen molar-refractivity contribution < 1.29 is 9.90 Å². The largest absolute Gasteiger partial charge is 0.478 e. The Labute approximate surface area is 82.5 Å². The quantitative estimate of drug-likeness (QED) is 0.717. The van der Waals surface area contributed by atoms with Crippen molar-refractivity contribution in [2.45, 2.75) is 27.3 Å². The first-order chi connectivity index (χ1) is 6.57. The minimum absolute atomic E-state index is 0.280. The molecule has 74 valence electrons. The maximum Gasteiger partial charge on any atom is 0.339 e. The number of carboxylic acid groups (broad SMARTS) is 1. The lowest BCUT2D eigenvalue weighted by atomic mass is 10.2. The van der Waals surface area contributed by atoms with Gasteiger partial charge in [0, 0.05) is 0 Å². The van der Waals surface area contributed by atoms with Crippen LogP contribution in [0.2, 0.25) is 0 Å². The van der Waals surface area contributed by atoms with Gasteiger partial charge in [0.25, 0.3) is 0 Å². The molecule has 1 aromatic rings. The molecule has 0 fully saturated rings. The van der Waals surface area contributed by atoms with E-state index in [-0.39, 0.29) is 5.56 Å². The minimum Gasteiger partial charge on any atom is -0.478 e. The first-order valence-corrected chi connectivity index (χ1v) is 4.24. The molecule has 0 aliphatic heterocycles. The van der Waals surface area contributed by atoms with Crippen LogP contribution in [0, 0.1) is 25.7 Å². The van der Waals surface area contributed by atoms with Gasteiger partial charge in [-0.25, -0.2) is 4.79 Å². The van der Waals surface area contributed by atoms with Gasteiger partial charge in [-0.05, 0) is 20.8 Å². The van der Waals surface area contributed by atoms with Crippen LogP contribution in [-0.4, -0.2) is 20.9 Å². The number of hydrogen-bond acceptors (Lipinski definition) is 2. The van der Waals surface area contributed by atoms with Crippen LogP contribution in [0.15, 0.2) is 0 Å². The molecule has 1 rings (SSSR count). The highest BCUT2D eigenvalue weighted by Gasteiger charge is 2.16. The van der Waals surface area contributed by atoms with Crippen molar-refractivity contribution >= 4 is 5.97 Å². The van der Waals surface area contributed by atoms with Crippen molar-refractivity contribution in [2.75, 3.05) is 0 Å². The van der Waals surface area contributed by atoms with Crippen LogP contribution in [0.3, 0.4) is 0 Å². The van der Waals surface area contributed by atoms with Crippen molar-refractivity contribution in [3.63, 3.8) is 0 Å². The number of carboxylic acids is 1. The summed E-state index contributed by atoms with van der Waals surface area (Å²) < 4.78 is 1.61. The molecule has 0 saturated heterocycles. The first-order valence-electron chi connectivity index (χ1n) is 4.24. The molecule has 0 radical (unpaired) electrons.